The second-order valence-corrected chi connectivity index (χ2v) is 12.6. The molecule has 1 aromatic heterocycles. The molecule has 1 atom stereocenters. The van der Waals surface area contributed by atoms with E-state index in [1.54, 1.807) is 11.3 Å². The summed E-state index contributed by atoms with van der Waals surface area (Å²) in [6, 6.07) is 14.0. The zero-order valence-corrected chi connectivity index (χ0v) is 29.4. The highest BCUT2D eigenvalue weighted by molar-refractivity contribution is 7.13. The predicted octanol–water partition coefficient (Wildman–Crippen LogP) is 6.29. The summed E-state index contributed by atoms with van der Waals surface area (Å²) in [5.74, 6) is 6.23. The number of hydrogen-bond donors (Lipinski definition) is 4. The molecule has 10 heteroatoms. The van der Waals surface area contributed by atoms with Crippen LogP contribution in [0.25, 0.3) is 0 Å². The molecule has 45 heavy (non-hydrogen) atoms. The van der Waals surface area contributed by atoms with Crippen molar-refractivity contribution in [2.45, 2.75) is 111 Å². The fraction of sp³-hybridized carbons (Fsp3) is 0.600. The van der Waals surface area contributed by atoms with Crippen LogP contribution in [0, 0.1) is 11.8 Å². The lowest BCUT2D eigenvalue weighted by atomic mass is 9.76. The third-order valence-corrected chi connectivity index (χ3v) is 9.03. The van der Waals surface area contributed by atoms with E-state index >= 15 is 0 Å². The average molecular weight is 642 g/mol. The van der Waals surface area contributed by atoms with E-state index in [-0.39, 0.29) is 23.5 Å². The first-order chi connectivity index (χ1) is 21.7. The topological polar surface area (TPSA) is 138 Å². The number of hydrazine groups is 1. The summed E-state index contributed by atoms with van der Waals surface area (Å²) >= 11 is 1.63. The molecule has 0 bridgehead atoms. The number of unbranched alkanes of at least 4 members (excludes halogenated alkanes) is 2. The van der Waals surface area contributed by atoms with Crippen LogP contribution >= 0.6 is 11.3 Å². The van der Waals surface area contributed by atoms with E-state index < -0.39 is 0 Å². The fourth-order valence-electron chi connectivity index (χ4n) is 5.79. The van der Waals surface area contributed by atoms with Crippen molar-refractivity contribution in [1.82, 2.24) is 15.8 Å². The Morgan fingerprint density at radius 2 is 1.78 bits per heavy atom. The number of carbonyl (C=O) groups is 2. The van der Waals surface area contributed by atoms with Gasteiger partial charge in [-0.05, 0) is 67.9 Å². The molecular weight excluding hydrogens is 582 g/mol. The SMILES string of the molecule is C=NNN.CC.CCCCCC(C)N1C(=O)C(c2cccs2)=NC12CCC(C(C)C)CC2.NCCNC(=O)Cc1ccccc1. The Labute approximate surface area is 276 Å². The van der Waals surface area contributed by atoms with Gasteiger partial charge in [-0.15, -0.1) is 11.3 Å². The van der Waals surface area contributed by atoms with Crippen LogP contribution in [0.1, 0.15) is 103 Å². The maximum atomic E-state index is 13.4. The molecule has 252 valence electrons. The third kappa shape index (κ3) is 13.0. The molecular formula is C35H59N7O2S. The molecule has 6 N–H and O–H groups in total. The first-order valence-corrected chi connectivity index (χ1v) is 17.5. The minimum Gasteiger partial charge on any atom is -0.355 e. The van der Waals surface area contributed by atoms with Crippen molar-refractivity contribution in [1.29, 1.82) is 0 Å². The summed E-state index contributed by atoms with van der Waals surface area (Å²) in [5, 5.41) is 7.77. The zero-order chi connectivity index (χ0) is 33.7. The number of thiophene rings is 1. The molecule has 4 rings (SSSR count). The third-order valence-electron chi connectivity index (χ3n) is 8.15. The number of nitrogens with zero attached hydrogens (tertiary/aromatic N) is 3. The number of hydrazone groups is 1. The molecule has 1 saturated carbocycles. The minimum atomic E-state index is -0.284. The number of aliphatic imine (C=N–C) groups is 1. The number of rotatable bonds is 12. The molecule has 1 aliphatic heterocycles. The molecule has 2 amide bonds. The number of amides is 2. The van der Waals surface area contributed by atoms with Gasteiger partial charge in [-0.25, -0.2) is 16.4 Å². The van der Waals surface area contributed by atoms with Gasteiger partial charge >= 0.3 is 0 Å². The molecule has 0 saturated heterocycles. The van der Waals surface area contributed by atoms with E-state index in [0.717, 1.165) is 41.5 Å². The van der Waals surface area contributed by atoms with Crippen LogP contribution in [-0.4, -0.2) is 53.9 Å². The molecule has 1 unspecified atom stereocenters. The van der Waals surface area contributed by atoms with E-state index in [2.05, 4.69) is 55.6 Å². The van der Waals surface area contributed by atoms with Gasteiger partial charge in [0.15, 0.2) is 0 Å². The Balaban J connectivity index is 0.000000445. The van der Waals surface area contributed by atoms with Crippen LogP contribution in [0.15, 0.2) is 57.9 Å². The van der Waals surface area contributed by atoms with Gasteiger partial charge in [0.05, 0.1) is 11.3 Å². The minimum absolute atomic E-state index is 0.0247. The number of benzene rings is 1. The molecule has 9 nitrogen and oxygen atoms in total. The molecule has 1 fully saturated rings. The van der Waals surface area contributed by atoms with E-state index in [0.29, 0.717) is 25.2 Å². The highest BCUT2D eigenvalue weighted by atomic mass is 32.1. The van der Waals surface area contributed by atoms with E-state index in [4.69, 9.17) is 10.7 Å². The molecule has 1 aromatic carbocycles. The molecule has 1 spiro atoms. The molecule has 1 aliphatic carbocycles. The van der Waals surface area contributed by atoms with Crippen LogP contribution < -0.4 is 22.4 Å². The Bertz CT molecular complexity index is 1110. The van der Waals surface area contributed by atoms with Crippen molar-refractivity contribution in [3.8, 4) is 0 Å². The Hall–Kier alpha value is -3.08. The van der Waals surface area contributed by atoms with Crippen molar-refractivity contribution < 1.29 is 9.59 Å². The van der Waals surface area contributed by atoms with Gasteiger partial charge in [0, 0.05) is 25.8 Å². The summed E-state index contributed by atoms with van der Waals surface area (Å²) in [6.45, 7) is 17.1. The van der Waals surface area contributed by atoms with Crippen LogP contribution in [-0.2, 0) is 16.0 Å². The molecule has 2 heterocycles. The Kier molecular flexibility index (Phi) is 19.9. The zero-order valence-electron chi connectivity index (χ0n) is 28.6. The van der Waals surface area contributed by atoms with E-state index in [9.17, 15) is 9.59 Å². The van der Waals surface area contributed by atoms with Crippen LogP contribution in [0.2, 0.25) is 0 Å². The largest absolute Gasteiger partial charge is 0.355 e. The second-order valence-electron chi connectivity index (χ2n) is 11.6. The van der Waals surface area contributed by atoms with Crippen LogP contribution in [0.3, 0.4) is 0 Å². The maximum absolute atomic E-state index is 13.4. The number of nitrogens with two attached hydrogens (primary N) is 2. The van der Waals surface area contributed by atoms with Gasteiger partial charge in [-0.1, -0.05) is 90.3 Å². The van der Waals surface area contributed by atoms with Gasteiger partial charge in [-0.2, -0.15) is 5.10 Å². The van der Waals surface area contributed by atoms with Gasteiger partial charge < -0.3 is 16.0 Å². The van der Waals surface area contributed by atoms with Gasteiger partial charge in [0.25, 0.3) is 5.91 Å². The summed E-state index contributed by atoms with van der Waals surface area (Å²) in [5.41, 5.74) is 8.65. The Morgan fingerprint density at radius 1 is 1.13 bits per heavy atom. The summed E-state index contributed by atoms with van der Waals surface area (Å²) in [7, 11) is 0. The van der Waals surface area contributed by atoms with E-state index in [1.165, 1.54) is 32.1 Å². The standard InChI is InChI=1S/C22H34N2OS.C10H14N2O.C2H6.CH5N3/c1-5-6-7-9-17(4)24-21(25)20(19-10-8-15-26-19)23-22(24)13-11-18(12-14-22)16(2)3;11-6-7-12-10(13)8-9-4-2-1-3-5-9;1-2;1-3-4-2/h8,10,15-18H,5-7,9,11-14H2,1-4H3;1-5H,6-8,11H2,(H,12,13);1-2H3;4H,1-2H2. The van der Waals surface area contributed by atoms with Gasteiger partial charge in [0.1, 0.15) is 11.4 Å². The number of hydrogen-bond acceptors (Lipinski definition) is 8. The second kappa shape index (κ2) is 22.4. The van der Waals surface area contributed by atoms with Crippen molar-refractivity contribution >= 4 is 35.6 Å². The predicted molar refractivity (Wildman–Crippen MR) is 191 cm³/mol. The lowest BCUT2D eigenvalue weighted by Crippen LogP contribution is -2.53. The van der Waals surface area contributed by atoms with Gasteiger partial charge in [0.2, 0.25) is 5.91 Å². The van der Waals surface area contributed by atoms with Crippen LogP contribution in [0.4, 0.5) is 0 Å². The van der Waals surface area contributed by atoms with Crippen molar-refractivity contribution in [3.63, 3.8) is 0 Å². The van der Waals surface area contributed by atoms with Crippen molar-refractivity contribution in [3.05, 3.63) is 58.3 Å². The Morgan fingerprint density at radius 3 is 2.29 bits per heavy atom. The van der Waals surface area contributed by atoms with Crippen LogP contribution in [0.5, 0.6) is 0 Å². The summed E-state index contributed by atoms with van der Waals surface area (Å²) in [6.07, 6.45) is 9.59. The highest BCUT2D eigenvalue weighted by Gasteiger charge is 2.50. The first-order valence-electron chi connectivity index (χ1n) is 16.6. The summed E-state index contributed by atoms with van der Waals surface area (Å²) < 4.78 is 0. The number of nitrogens with one attached hydrogen (secondary N) is 2. The first kappa shape index (κ1) is 39.9. The number of carbonyl (C=O) groups excluding carboxylic acids is 2. The molecule has 2 aliphatic rings. The average Bonchev–Trinajstić information content (AvgIpc) is 3.69. The molecule has 0 radical (unpaired) electrons. The van der Waals surface area contributed by atoms with Crippen molar-refractivity contribution in [2.24, 2.45) is 33.5 Å². The fourth-order valence-corrected chi connectivity index (χ4v) is 6.50. The monoisotopic (exact) mass is 641 g/mol. The lowest BCUT2D eigenvalue weighted by Gasteiger charge is -2.45. The van der Waals surface area contributed by atoms with Crippen molar-refractivity contribution in [2.75, 3.05) is 13.1 Å². The molecule has 2 aromatic rings. The quantitative estimate of drug-likeness (QED) is 0.0935. The maximum Gasteiger partial charge on any atom is 0.275 e. The highest BCUT2D eigenvalue weighted by Crippen LogP contribution is 2.45. The van der Waals surface area contributed by atoms with Gasteiger partial charge in [-0.3, -0.25) is 9.59 Å². The van der Waals surface area contributed by atoms with E-state index in [1.807, 2.05) is 67.2 Å². The normalized spacial score (nSPS) is 19.2. The smallest absolute Gasteiger partial charge is 0.275 e. The summed E-state index contributed by atoms with van der Waals surface area (Å²) in [4.78, 5) is 32.9. The lowest BCUT2D eigenvalue weighted by molar-refractivity contribution is -0.132.